The van der Waals surface area contributed by atoms with E-state index in [0.717, 1.165) is 49.2 Å². The number of hydrogen-bond acceptors (Lipinski definition) is 7. The molecule has 0 aromatic carbocycles. The average Bonchev–Trinajstić information content (AvgIpc) is 2.76. The molecule has 4 saturated heterocycles. The first-order valence-corrected chi connectivity index (χ1v) is 11.6. The number of amides is 1. The van der Waals surface area contributed by atoms with E-state index < -0.39 is 0 Å². The molecule has 1 atom stereocenters. The number of carbonyl (C=O) groups excluding carboxylic acids is 1. The van der Waals surface area contributed by atoms with Crippen LogP contribution >= 0.6 is 0 Å². The highest BCUT2D eigenvalue weighted by molar-refractivity contribution is 5.70. The highest BCUT2D eigenvalue weighted by Gasteiger charge is 2.53. The smallest absolute Gasteiger partial charge is 0.410 e. The van der Waals surface area contributed by atoms with Gasteiger partial charge in [0, 0.05) is 30.4 Å². The van der Waals surface area contributed by atoms with Crippen molar-refractivity contribution in [3.63, 3.8) is 0 Å². The maximum Gasteiger partial charge on any atom is 0.410 e. The first kappa shape index (κ1) is 21.0. The third-order valence-electron chi connectivity index (χ3n) is 7.26. The zero-order valence-corrected chi connectivity index (χ0v) is 19.2. The van der Waals surface area contributed by atoms with Gasteiger partial charge in [0.2, 0.25) is 5.88 Å². The SMILES string of the molecule is CC[C@@H](C)OC(=O)N1C2CC3CC1CC(C2)N3c1ncnc(Oc2cccnc2C)c1C. The van der Waals surface area contributed by atoms with Crippen LogP contribution in [0.1, 0.15) is 57.2 Å². The predicted octanol–water partition coefficient (Wildman–Crippen LogP) is 4.40. The third kappa shape index (κ3) is 3.55. The monoisotopic (exact) mass is 437 g/mol. The minimum atomic E-state index is -0.138. The first-order valence-electron chi connectivity index (χ1n) is 11.6. The van der Waals surface area contributed by atoms with E-state index in [-0.39, 0.29) is 24.3 Å². The Morgan fingerprint density at radius 2 is 1.78 bits per heavy atom. The van der Waals surface area contributed by atoms with Gasteiger partial charge in [0.05, 0.1) is 11.3 Å². The second-order valence-corrected chi connectivity index (χ2v) is 9.29. The Morgan fingerprint density at radius 1 is 1.09 bits per heavy atom. The van der Waals surface area contributed by atoms with Gasteiger partial charge in [-0.15, -0.1) is 0 Å². The molecule has 32 heavy (non-hydrogen) atoms. The van der Waals surface area contributed by atoms with Gasteiger partial charge >= 0.3 is 6.09 Å². The Labute approximate surface area is 189 Å². The molecule has 6 heterocycles. The fourth-order valence-corrected chi connectivity index (χ4v) is 5.58. The molecule has 0 aliphatic carbocycles. The molecule has 0 unspecified atom stereocenters. The van der Waals surface area contributed by atoms with Crippen molar-refractivity contribution in [1.29, 1.82) is 0 Å². The molecule has 170 valence electrons. The minimum Gasteiger partial charge on any atom is -0.446 e. The van der Waals surface area contributed by atoms with Crippen LogP contribution in [0.4, 0.5) is 10.6 Å². The van der Waals surface area contributed by atoms with Crippen molar-refractivity contribution in [2.24, 2.45) is 0 Å². The van der Waals surface area contributed by atoms with Crippen molar-refractivity contribution in [2.45, 2.75) is 90.1 Å². The summed E-state index contributed by atoms with van der Waals surface area (Å²) < 4.78 is 11.8. The summed E-state index contributed by atoms with van der Waals surface area (Å²) in [5.41, 5.74) is 1.77. The number of pyridine rings is 1. The van der Waals surface area contributed by atoms with Crippen molar-refractivity contribution >= 4 is 11.9 Å². The van der Waals surface area contributed by atoms with E-state index in [0.29, 0.717) is 23.7 Å². The first-order chi connectivity index (χ1) is 15.5. The second-order valence-electron chi connectivity index (χ2n) is 9.29. The number of hydrogen-bond donors (Lipinski definition) is 0. The van der Waals surface area contributed by atoms with E-state index >= 15 is 0 Å². The number of carbonyl (C=O) groups is 1. The van der Waals surface area contributed by atoms with Crippen LogP contribution in [0.3, 0.4) is 0 Å². The summed E-state index contributed by atoms with van der Waals surface area (Å²) in [4.78, 5) is 30.7. The third-order valence-corrected chi connectivity index (χ3v) is 7.26. The average molecular weight is 438 g/mol. The van der Waals surface area contributed by atoms with E-state index in [4.69, 9.17) is 9.47 Å². The van der Waals surface area contributed by atoms with Gasteiger partial charge in [-0.25, -0.2) is 14.8 Å². The molecule has 2 aromatic heterocycles. The highest BCUT2D eigenvalue weighted by atomic mass is 16.6. The maximum absolute atomic E-state index is 12.8. The molecule has 0 spiro atoms. The second kappa shape index (κ2) is 8.22. The number of nitrogens with zero attached hydrogens (tertiary/aromatic N) is 5. The molecule has 1 amide bonds. The molecule has 4 aliphatic heterocycles. The summed E-state index contributed by atoms with van der Waals surface area (Å²) in [5.74, 6) is 2.22. The number of anilines is 1. The fourth-order valence-electron chi connectivity index (χ4n) is 5.58. The van der Waals surface area contributed by atoms with Crippen molar-refractivity contribution in [3.8, 4) is 11.6 Å². The van der Waals surface area contributed by atoms with Gasteiger partial charge in [-0.1, -0.05) is 6.92 Å². The summed E-state index contributed by atoms with van der Waals surface area (Å²) >= 11 is 0. The van der Waals surface area contributed by atoms with E-state index in [1.165, 1.54) is 0 Å². The van der Waals surface area contributed by atoms with Crippen molar-refractivity contribution in [3.05, 3.63) is 35.9 Å². The lowest BCUT2D eigenvalue weighted by Gasteiger charge is -2.61. The Hall–Kier alpha value is -2.90. The van der Waals surface area contributed by atoms with E-state index in [2.05, 4.69) is 19.9 Å². The molecule has 0 saturated carbocycles. The van der Waals surface area contributed by atoms with E-state index in [1.807, 2.05) is 44.7 Å². The van der Waals surface area contributed by atoms with Crippen LogP contribution in [0, 0.1) is 13.8 Å². The molecule has 8 nitrogen and oxygen atoms in total. The lowest BCUT2D eigenvalue weighted by Crippen LogP contribution is -2.70. The Kier molecular flexibility index (Phi) is 5.39. The molecule has 4 fully saturated rings. The van der Waals surface area contributed by atoms with Crippen molar-refractivity contribution < 1.29 is 14.3 Å². The summed E-state index contributed by atoms with van der Waals surface area (Å²) in [6, 6.07) is 5.00. The number of ether oxygens (including phenoxy) is 2. The predicted molar refractivity (Wildman–Crippen MR) is 120 cm³/mol. The van der Waals surface area contributed by atoms with Crippen LogP contribution < -0.4 is 9.64 Å². The van der Waals surface area contributed by atoms with Crippen LogP contribution in [0.25, 0.3) is 0 Å². The van der Waals surface area contributed by atoms with E-state index in [1.54, 1.807) is 12.5 Å². The zero-order chi connectivity index (χ0) is 22.4. The molecular formula is C24H31N5O3. The fraction of sp³-hybridized carbons (Fsp3) is 0.583. The molecule has 0 N–H and O–H groups in total. The summed E-state index contributed by atoms with van der Waals surface area (Å²) in [6.07, 6.45) is 7.79. The number of aryl methyl sites for hydroxylation is 1. The van der Waals surface area contributed by atoms with Crippen LogP contribution in [-0.4, -0.2) is 56.2 Å². The van der Waals surface area contributed by atoms with Gasteiger partial charge in [-0.3, -0.25) is 4.98 Å². The largest absolute Gasteiger partial charge is 0.446 e. The standard InChI is InChI=1S/C24H31N5O3/c1-5-14(2)31-24(30)29-19-9-17-10-20(29)12-18(11-19)28(17)22-15(3)23(27-13-26-22)32-21-7-6-8-25-16(21)4/h6-8,13-14,17-20H,5,9-12H2,1-4H3/t14-,17?,18?,19?,20?/m1/s1. The Morgan fingerprint density at radius 3 is 2.41 bits per heavy atom. The molecule has 0 radical (unpaired) electrons. The van der Waals surface area contributed by atoms with Gasteiger partial charge in [0.25, 0.3) is 0 Å². The molecular weight excluding hydrogens is 406 g/mol. The minimum absolute atomic E-state index is 0.0401. The van der Waals surface area contributed by atoms with Gasteiger partial charge in [0.1, 0.15) is 18.2 Å². The normalized spacial score (nSPS) is 26.9. The summed E-state index contributed by atoms with van der Waals surface area (Å²) in [5, 5.41) is 0. The van der Waals surface area contributed by atoms with Gasteiger partial charge in [-0.05, 0) is 65.0 Å². The van der Waals surface area contributed by atoms with Crippen LogP contribution in [0.15, 0.2) is 24.7 Å². The maximum atomic E-state index is 12.8. The van der Waals surface area contributed by atoms with Crippen molar-refractivity contribution in [2.75, 3.05) is 4.90 Å². The van der Waals surface area contributed by atoms with Crippen LogP contribution in [0.5, 0.6) is 11.6 Å². The zero-order valence-electron chi connectivity index (χ0n) is 19.2. The van der Waals surface area contributed by atoms with Crippen molar-refractivity contribution in [1.82, 2.24) is 19.9 Å². The molecule has 8 heteroatoms. The molecule has 4 aliphatic rings. The lowest BCUT2D eigenvalue weighted by molar-refractivity contribution is -0.0239. The Balaban J connectivity index is 1.36. The highest BCUT2D eigenvalue weighted by Crippen LogP contribution is 2.47. The van der Waals surface area contributed by atoms with Gasteiger partial charge in [-0.2, -0.15) is 0 Å². The topological polar surface area (TPSA) is 80.7 Å². The molecule has 4 bridgehead atoms. The quantitative estimate of drug-likeness (QED) is 0.686. The van der Waals surface area contributed by atoms with Crippen LogP contribution in [-0.2, 0) is 4.74 Å². The number of aromatic nitrogens is 3. The molecule has 6 rings (SSSR count). The van der Waals surface area contributed by atoms with E-state index in [9.17, 15) is 4.79 Å². The number of piperidine rings is 4. The molecule has 2 aromatic rings. The van der Waals surface area contributed by atoms with Gasteiger partial charge in [0.15, 0.2) is 5.75 Å². The number of rotatable bonds is 5. The summed E-state index contributed by atoms with van der Waals surface area (Å²) in [7, 11) is 0. The van der Waals surface area contributed by atoms with Crippen LogP contribution in [0.2, 0.25) is 0 Å². The lowest BCUT2D eigenvalue weighted by atomic mass is 9.73. The van der Waals surface area contributed by atoms with Gasteiger partial charge < -0.3 is 19.3 Å². The summed E-state index contributed by atoms with van der Waals surface area (Å²) in [6.45, 7) is 7.95. The Bertz CT molecular complexity index is 983.